The average Bonchev–Trinajstić information content (AvgIpc) is 3.07. The zero-order chi connectivity index (χ0) is 14.4. The highest BCUT2D eigenvalue weighted by atomic mass is 15.3. The Hall–Kier alpha value is -1.83. The first-order valence-electron chi connectivity index (χ1n) is 8.04. The lowest BCUT2D eigenvalue weighted by molar-refractivity contribution is 0.407. The second-order valence-electron chi connectivity index (χ2n) is 6.51. The number of hydrogen-bond acceptors (Lipinski definition) is 2. The van der Waals surface area contributed by atoms with E-state index in [1.165, 1.54) is 48.2 Å². The molecule has 1 atom stereocenters. The third kappa shape index (κ3) is 1.68. The van der Waals surface area contributed by atoms with Gasteiger partial charge in [-0.1, -0.05) is 37.1 Å². The minimum absolute atomic E-state index is 0.127. The van der Waals surface area contributed by atoms with E-state index in [9.17, 15) is 0 Å². The summed E-state index contributed by atoms with van der Waals surface area (Å²) < 4.78 is 0. The van der Waals surface area contributed by atoms with Crippen LogP contribution in [0.25, 0.3) is 0 Å². The van der Waals surface area contributed by atoms with Gasteiger partial charge in [-0.2, -0.15) is 0 Å². The van der Waals surface area contributed by atoms with Gasteiger partial charge in [0.15, 0.2) is 0 Å². The molecule has 1 aromatic heterocycles. The molecule has 108 valence electrons. The lowest BCUT2D eigenvalue weighted by Crippen LogP contribution is -2.40. The predicted octanol–water partition coefficient (Wildman–Crippen LogP) is 4.74. The zero-order valence-corrected chi connectivity index (χ0v) is 12.8. The van der Waals surface area contributed by atoms with Gasteiger partial charge < -0.3 is 4.90 Å². The Balaban J connectivity index is 1.93. The van der Waals surface area contributed by atoms with E-state index in [1.54, 1.807) is 0 Å². The van der Waals surface area contributed by atoms with Crippen LogP contribution in [0.15, 0.2) is 42.6 Å². The third-order valence-electron chi connectivity index (χ3n) is 5.38. The van der Waals surface area contributed by atoms with Crippen LogP contribution >= 0.6 is 0 Å². The Bertz CT molecular complexity index is 671. The van der Waals surface area contributed by atoms with E-state index in [-0.39, 0.29) is 5.54 Å². The summed E-state index contributed by atoms with van der Waals surface area (Å²) in [6.07, 6.45) is 7.05. The maximum absolute atomic E-state index is 4.81. The number of benzene rings is 1. The molecule has 0 bridgehead atoms. The third-order valence-corrected chi connectivity index (χ3v) is 5.38. The molecule has 0 unspecified atom stereocenters. The number of hydrogen-bond donors (Lipinski definition) is 0. The van der Waals surface area contributed by atoms with Gasteiger partial charge in [-0.25, -0.2) is 0 Å². The molecule has 0 N–H and O–H groups in total. The molecule has 2 heteroatoms. The van der Waals surface area contributed by atoms with Crippen molar-refractivity contribution in [2.24, 2.45) is 0 Å². The fourth-order valence-electron chi connectivity index (χ4n) is 4.48. The highest BCUT2D eigenvalue weighted by molar-refractivity contribution is 5.62. The molecule has 1 aromatic carbocycles. The fourth-order valence-corrected chi connectivity index (χ4v) is 4.48. The first-order chi connectivity index (χ1) is 10.2. The van der Waals surface area contributed by atoms with Gasteiger partial charge in [0.25, 0.3) is 0 Å². The number of aromatic nitrogens is 1. The molecule has 2 heterocycles. The molecule has 0 saturated heterocycles. The largest absolute Gasteiger partial charge is 0.353 e. The van der Waals surface area contributed by atoms with Crippen LogP contribution in [0, 0.1) is 6.92 Å². The minimum Gasteiger partial charge on any atom is -0.353 e. The Morgan fingerprint density at radius 3 is 2.62 bits per heavy atom. The van der Waals surface area contributed by atoms with Crippen molar-refractivity contribution in [2.75, 3.05) is 4.90 Å². The second kappa shape index (κ2) is 4.59. The highest BCUT2D eigenvalue weighted by Crippen LogP contribution is 2.55. The summed E-state index contributed by atoms with van der Waals surface area (Å²) in [6, 6.07) is 13.6. The fraction of sp³-hybridized carbons (Fsp3) is 0.421. The van der Waals surface area contributed by atoms with E-state index in [1.807, 2.05) is 6.20 Å². The molecule has 1 fully saturated rings. The lowest BCUT2D eigenvalue weighted by atomic mass is 9.91. The summed E-state index contributed by atoms with van der Waals surface area (Å²) >= 11 is 0. The average molecular weight is 278 g/mol. The molecule has 2 aliphatic rings. The van der Waals surface area contributed by atoms with Crippen molar-refractivity contribution in [1.82, 2.24) is 4.98 Å². The Morgan fingerprint density at radius 1 is 1.10 bits per heavy atom. The summed E-state index contributed by atoms with van der Waals surface area (Å²) in [4.78, 5) is 7.47. The molecule has 1 spiro atoms. The quantitative estimate of drug-likeness (QED) is 0.749. The van der Waals surface area contributed by atoms with Crippen LogP contribution < -0.4 is 4.90 Å². The number of anilines is 1. The second-order valence-corrected chi connectivity index (χ2v) is 6.51. The van der Waals surface area contributed by atoms with Crippen molar-refractivity contribution in [1.29, 1.82) is 0 Å². The summed E-state index contributed by atoms with van der Waals surface area (Å²) in [5, 5.41) is 0. The van der Waals surface area contributed by atoms with Crippen LogP contribution in [-0.4, -0.2) is 4.98 Å². The Morgan fingerprint density at radius 2 is 1.86 bits per heavy atom. The predicted molar refractivity (Wildman–Crippen MR) is 86.5 cm³/mol. The van der Waals surface area contributed by atoms with Crippen LogP contribution in [0.5, 0.6) is 0 Å². The molecule has 0 amide bonds. The van der Waals surface area contributed by atoms with Gasteiger partial charge in [0.1, 0.15) is 0 Å². The Kier molecular flexibility index (Phi) is 2.81. The van der Waals surface area contributed by atoms with Crippen molar-refractivity contribution in [3.63, 3.8) is 0 Å². The summed E-state index contributed by atoms with van der Waals surface area (Å²) in [5.74, 6) is 0. The number of para-hydroxylation sites is 1. The number of rotatable bonds is 1. The monoisotopic (exact) mass is 278 g/mol. The van der Waals surface area contributed by atoms with Crippen LogP contribution in [0.3, 0.4) is 0 Å². The molecule has 1 aliphatic heterocycles. The van der Waals surface area contributed by atoms with Crippen LogP contribution in [0.1, 0.15) is 55.5 Å². The van der Waals surface area contributed by atoms with E-state index in [0.29, 0.717) is 6.04 Å². The number of aryl methyl sites for hydroxylation is 1. The molecule has 0 radical (unpaired) electrons. The first-order valence-corrected chi connectivity index (χ1v) is 8.04. The summed E-state index contributed by atoms with van der Waals surface area (Å²) in [7, 11) is 0. The van der Waals surface area contributed by atoms with Gasteiger partial charge >= 0.3 is 0 Å². The van der Waals surface area contributed by atoms with Crippen molar-refractivity contribution in [3.05, 3.63) is 59.4 Å². The normalized spacial score (nSPS) is 22.8. The topological polar surface area (TPSA) is 16.1 Å². The van der Waals surface area contributed by atoms with Gasteiger partial charge in [-0.3, -0.25) is 4.98 Å². The van der Waals surface area contributed by atoms with Gasteiger partial charge in [0, 0.05) is 11.9 Å². The number of pyridine rings is 1. The van der Waals surface area contributed by atoms with Crippen LogP contribution in [0.4, 0.5) is 5.69 Å². The van der Waals surface area contributed by atoms with E-state index in [0.717, 1.165) is 0 Å². The maximum atomic E-state index is 4.81. The van der Waals surface area contributed by atoms with Gasteiger partial charge in [0.2, 0.25) is 0 Å². The highest BCUT2D eigenvalue weighted by Gasteiger charge is 2.51. The molecule has 1 saturated carbocycles. The first kappa shape index (κ1) is 12.9. The van der Waals surface area contributed by atoms with Crippen molar-refractivity contribution in [2.45, 2.75) is 51.1 Å². The van der Waals surface area contributed by atoms with Crippen molar-refractivity contribution in [3.8, 4) is 0 Å². The summed E-state index contributed by atoms with van der Waals surface area (Å²) in [5.41, 5.74) is 5.62. The van der Waals surface area contributed by atoms with E-state index < -0.39 is 0 Å². The van der Waals surface area contributed by atoms with Crippen molar-refractivity contribution < 1.29 is 0 Å². The number of nitrogens with zero attached hydrogens (tertiary/aromatic N) is 2. The van der Waals surface area contributed by atoms with E-state index >= 15 is 0 Å². The maximum Gasteiger partial charge on any atom is 0.0833 e. The standard InChI is InChI=1S/C19H22N2/c1-14-8-3-4-10-17(14)21-15(2)16-9-7-13-20-18(16)19(21)11-5-6-12-19/h3-4,7-10,13,15H,5-6,11-12H2,1-2H3/t15-/m0/s1. The molecule has 1 aliphatic carbocycles. The van der Waals surface area contributed by atoms with Gasteiger partial charge in [-0.05, 0) is 49.9 Å². The SMILES string of the molecule is Cc1ccccc1N1[C@@H](C)c2cccnc2C12CCCC2. The van der Waals surface area contributed by atoms with E-state index in [4.69, 9.17) is 4.98 Å². The lowest BCUT2D eigenvalue weighted by Gasteiger charge is -2.40. The molecule has 21 heavy (non-hydrogen) atoms. The minimum atomic E-state index is 0.127. The molecule has 4 rings (SSSR count). The molecular formula is C19H22N2. The molecule has 2 aromatic rings. The van der Waals surface area contributed by atoms with E-state index in [2.05, 4.69) is 55.1 Å². The van der Waals surface area contributed by atoms with Gasteiger partial charge in [-0.15, -0.1) is 0 Å². The van der Waals surface area contributed by atoms with Crippen molar-refractivity contribution >= 4 is 5.69 Å². The summed E-state index contributed by atoms with van der Waals surface area (Å²) in [6.45, 7) is 4.56. The van der Waals surface area contributed by atoms with Gasteiger partial charge in [0.05, 0.1) is 17.3 Å². The molecule has 2 nitrogen and oxygen atoms in total. The zero-order valence-electron chi connectivity index (χ0n) is 12.8. The molecular weight excluding hydrogens is 256 g/mol. The smallest absolute Gasteiger partial charge is 0.0833 e. The number of fused-ring (bicyclic) bond motifs is 2. The van der Waals surface area contributed by atoms with Crippen LogP contribution in [-0.2, 0) is 5.54 Å². The Labute approximate surface area is 126 Å². The van der Waals surface area contributed by atoms with Crippen LogP contribution in [0.2, 0.25) is 0 Å².